The van der Waals surface area contributed by atoms with Gasteiger partial charge in [-0.3, -0.25) is 9.59 Å². The first kappa shape index (κ1) is 23.6. The first-order chi connectivity index (χ1) is 14.4. The van der Waals surface area contributed by atoms with Gasteiger partial charge in [0.2, 0.25) is 0 Å². The molecule has 0 spiro atoms. The van der Waals surface area contributed by atoms with Crippen LogP contribution in [0, 0.1) is 5.92 Å². The molecule has 2 rings (SSSR count). The van der Waals surface area contributed by atoms with E-state index in [4.69, 9.17) is 0 Å². The van der Waals surface area contributed by atoms with Crippen molar-refractivity contribution in [3.8, 4) is 0 Å². The lowest BCUT2D eigenvalue weighted by molar-refractivity contribution is -0.113. The number of carbonyl (C=O) groups excluding carboxylic acids is 2. The molecule has 162 valence electrons. The Hall–Kier alpha value is -2.66. The minimum absolute atomic E-state index is 0.00718. The molecule has 0 aliphatic carbocycles. The predicted octanol–water partition coefficient (Wildman–Crippen LogP) is 4.74. The summed E-state index contributed by atoms with van der Waals surface area (Å²) in [7, 11) is 0. The summed E-state index contributed by atoms with van der Waals surface area (Å²) in [5, 5.41) is 9.67. The molecule has 1 aromatic carbocycles. The van der Waals surface area contributed by atoms with E-state index >= 15 is 0 Å². The highest BCUT2D eigenvalue weighted by Gasteiger charge is 2.25. The van der Waals surface area contributed by atoms with E-state index in [0.29, 0.717) is 12.1 Å². The molecule has 1 heterocycles. The smallest absolute Gasteiger partial charge is 0.166 e. The number of carbonyl (C=O) groups is 2. The first-order valence-corrected chi connectivity index (χ1v) is 10.7. The molecule has 1 aliphatic heterocycles. The molecule has 1 N–H and O–H groups in total. The van der Waals surface area contributed by atoms with Crippen molar-refractivity contribution < 1.29 is 14.7 Å². The van der Waals surface area contributed by atoms with Gasteiger partial charge in [-0.15, -0.1) is 0 Å². The molecule has 0 saturated carbocycles. The number of likely N-dealkylation sites (tertiary alicyclic amines) is 1. The van der Waals surface area contributed by atoms with Crippen molar-refractivity contribution >= 4 is 11.6 Å². The Kier molecular flexibility index (Phi) is 9.55. The first-order valence-electron chi connectivity index (χ1n) is 10.7. The van der Waals surface area contributed by atoms with Gasteiger partial charge < -0.3 is 14.9 Å². The SMILES string of the molecule is C/C=C/C(=C\N(/C=C(/C)O)CCCN1CCC(C(=O)c2ccccc2)CC1)C(C)=O. The van der Waals surface area contributed by atoms with Gasteiger partial charge in [-0.25, -0.2) is 0 Å². The minimum Gasteiger partial charge on any atom is -0.511 e. The van der Waals surface area contributed by atoms with E-state index in [2.05, 4.69) is 4.90 Å². The fraction of sp³-hybridized carbons (Fsp3) is 0.440. The Labute approximate surface area is 180 Å². The fourth-order valence-corrected chi connectivity index (χ4v) is 3.75. The van der Waals surface area contributed by atoms with E-state index in [1.807, 2.05) is 48.2 Å². The Morgan fingerprint density at radius 3 is 2.37 bits per heavy atom. The molecule has 0 bridgehead atoms. The zero-order chi connectivity index (χ0) is 21.9. The summed E-state index contributed by atoms with van der Waals surface area (Å²) in [5.41, 5.74) is 1.42. The molecule has 30 heavy (non-hydrogen) atoms. The fourth-order valence-electron chi connectivity index (χ4n) is 3.75. The molecule has 0 atom stereocenters. The van der Waals surface area contributed by atoms with Crippen LogP contribution in [0.25, 0.3) is 0 Å². The van der Waals surface area contributed by atoms with Crippen molar-refractivity contribution in [2.45, 2.75) is 40.0 Å². The Morgan fingerprint density at radius 2 is 1.80 bits per heavy atom. The molecule has 1 aliphatic rings. The lowest BCUT2D eigenvalue weighted by Gasteiger charge is -2.31. The maximum Gasteiger partial charge on any atom is 0.166 e. The minimum atomic E-state index is -0.00718. The van der Waals surface area contributed by atoms with Gasteiger partial charge in [0.1, 0.15) is 5.76 Å². The lowest BCUT2D eigenvalue weighted by Crippen LogP contribution is -2.37. The van der Waals surface area contributed by atoms with E-state index in [9.17, 15) is 14.7 Å². The summed E-state index contributed by atoms with van der Waals surface area (Å²) in [6, 6.07) is 9.56. The standard InChI is InChI=1S/C25H34N2O3/c1-4-9-24(21(3)29)19-27(18-20(2)28)15-8-14-26-16-12-23(13-17-26)25(30)22-10-6-5-7-11-22/h4-7,9-11,18-19,23,28H,8,12-17H2,1-3H3/b9-4+,20-18-,24-19+. The molecule has 1 aromatic rings. The number of hydrogen-bond donors (Lipinski definition) is 1. The second-order valence-corrected chi connectivity index (χ2v) is 7.85. The molecule has 1 saturated heterocycles. The zero-order valence-electron chi connectivity index (χ0n) is 18.4. The van der Waals surface area contributed by atoms with Gasteiger partial charge in [0.05, 0.1) is 0 Å². The van der Waals surface area contributed by atoms with E-state index < -0.39 is 0 Å². The number of piperidine rings is 1. The van der Waals surface area contributed by atoms with Crippen molar-refractivity contribution in [3.05, 3.63) is 71.8 Å². The summed E-state index contributed by atoms with van der Waals surface area (Å²) in [5.74, 6) is 0.569. The lowest BCUT2D eigenvalue weighted by atomic mass is 9.89. The van der Waals surface area contributed by atoms with Crippen molar-refractivity contribution in [2.24, 2.45) is 5.92 Å². The van der Waals surface area contributed by atoms with Crippen LogP contribution in [-0.4, -0.2) is 52.7 Å². The topological polar surface area (TPSA) is 60.9 Å². The molecule has 5 nitrogen and oxygen atoms in total. The highest BCUT2D eigenvalue weighted by Crippen LogP contribution is 2.22. The van der Waals surface area contributed by atoms with Crippen LogP contribution >= 0.6 is 0 Å². The largest absolute Gasteiger partial charge is 0.511 e. The quantitative estimate of drug-likeness (QED) is 0.261. The molecular weight excluding hydrogens is 376 g/mol. The van der Waals surface area contributed by atoms with Crippen molar-refractivity contribution in [1.82, 2.24) is 9.80 Å². The monoisotopic (exact) mass is 410 g/mol. The number of nitrogens with zero attached hydrogens (tertiary/aromatic N) is 2. The van der Waals surface area contributed by atoms with E-state index in [-0.39, 0.29) is 23.2 Å². The molecule has 1 fully saturated rings. The number of ketones is 2. The maximum atomic E-state index is 12.6. The molecule has 0 unspecified atom stereocenters. The number of rotatable bonds is 10. The summed E-state index contributed by atoms with van der Waals surface area (Å²) in [6.45, 7) is 8.51. The average Bonchev–Trinajstić information content (AvgIpc) is 2.73. The zero-order valence-corrected chi connectivity index (χ0v) is 18.4. The molecule has 5 heteroatoms. The summed E-state index contributed by atoms with van der Waals surface area (Å²) in [4.78, 5) is 28.7. The van der Waals surface area contributed by atoms with Gasteiger partial charge in [0.25, 0.3) is 0 Å². The molecule has 0 amide bonds. The number of aliphatic hydroxyl groups excluding tert-OH is 1. The number of aliphatic hydroxyl groups is 1. The maximum absolute atomic E-state index is 12.6. The highest BCUT2D eigenvalue weighted by molar-refractivity contribution is 5.97. The molecule has 0 radical (unpaired) electrons. The predicted molar refractivity (Wildman–Crippen MR) is 121 cm³/mol. The second kappa shape index (κ2) is 12.1. The molecule has 0 aromatic heterocycles. The van der Waals surface area contributed by atoms with Gasteiger partial charge >= 0.3 is 0 Å². The number of benzene rings is 1. The molecular formula is C25H34N2O3. The van der Waals surface area contributed by atoms with E-state index in [0.717, 1.165) is 44.5 Å². The Morgan fingerprint density at radius 1 is 1.13 bits per heavy atom. The Bertz CT molecular complexity index is 784. The van der Waals surface area contributed by atoms with Crippen molar-refractivity contribution in [3.63, 3.8) is 0 Å². The number of hydrogen-bond acceptors (Lipinski definition) is 5. The van der Waals surface area contributed by atoms with Crippen LogP contribution in [0.1, 0.15) is 50.4 Å². The van der Waals surface area contributed by atoms with Crippen LogP contribution in [0.15, 0.2) is 66.2 Å². The third-order valence-electron chi connectivity index (χ3n) is 5.32. The van der Waals surface area contributed by atoms with Crippen LogP contribution in [-0.2, 0) is 4.79 Å². The van der Waals surface area contributed by atoms with Gasteiger partial charge in [-0.2, -0.15) is 0 Å². The Balaban J connectivity index is 1.85. The van der Waals surface area contributed by atoms with Crippen LogP contribution in [0.5, 0.6) is 0 Å². The van der Waals surface area contributed by atoms with Crippen LogP contribution < -0.4 is 0 Å². The van der Waals surface area contributed by atoms with Crippen LogP contribution in [0.4, 0.5) is 0 Å². The van der Waals surface area contributed by atoms with Gasteiger partial charge in [-0.05, 0) is 59.7 Å². The van der Waals surface area contributed by atoms with Gasteiger partial charge in [0, 0.05) is 36.0 Å². The van der Waals surface area contributed by atoms with E-state index in [1.165, 1.54) is 0 Å². The third-order valence-corrected chi connectivity index (χ3v) is 5.32. The highest BCUT2D eigenvalue weighted by atomic mass is 16.3. The third kappa shape index (κ3) is 7.64. The van der Waals surface area contributed by atoms with Crippen molar-refractivity contribution in [1.29, 1.82) is 0 Å². The van der Waals surface area contributed by atoms with Crippen molar-refractivity contribution in [2.75, 3.05) is 26.2 Å². The number of Topliss-reactive ketones (excluding diaryl/α,β-unsaturated/α-hetero) is 2. The normalized spacial score (nSPS) is 16.8. The summed E-state index contributed by atoms with van der Waals surface area (Å²) in [6.07, 6.45) is 9.74. The van der Waals surface area contributed by atoms with Crippen LogP contribution in [0.2, 0.25) is 0 Å². The second-order valence-electron chi connectivity index (χ2n) is 7.85. The van der Waals surface area contributed by atoms with Gasteiger partial charge in [-0.1, -0.05) is 42.5 Å². The summed E-state index contributed by atoms with van der Waals surface area (Å²) >= 11 is 0. The average molecular weight is 411 g/mol. The van der Waals surface area contributed by atoms with Gasteiger partial charge in [0.15, 0.2) is 11.6 Å². The number of allylic oxidation sites excluding steroid dienone is 4. The summed E-state index contributed by atoms with van der Waals surface area (Å²) < 4.78 is 0. The van der Waals surface area contributed by atoms with E-state index in [1.54, 1.807) is 32.3 Å². The van der Waals surface area contributed by atoms with Crippen LogP contribution in [0.3, 0.4) is 0 Å².